The first-order chi connectivity index (χ1) is 8.00. The van der Waals surface area contributed by atoms with Crippen molar-refractivity contribution >= 4 is 11.3 Å². The van der Waals surface area contributed by atoms with Crippen molar-refractivity contribution in [3.8, 4) is 0 Å². The summed E-state index contributed by atoms with van der Waals surface area (Å²) in [4.78, 5) is 6.98. The molecule has 4 heteroatoms. The Hall–Kier alpha value is -1.13. The molecule has 0 spiro atoms. The third kappa shape index (κ3) is 2.76. The van der Waals surface area contributed by atoms with Gasteiger partial charge in [-0.25, -0.2) is 4.98 Å². The highest BCUT2D eigenvalue weighted by molar-refractivity contribution is 7.11. The van der Waals surface area contributed by atoms with Crippen LogP contribution in [0.25, 0.3) is 0 Å². The van der Waals surface area contributed by atoms with Gasteiger partial charge in [0.25, 0.3) is 0 Å². The van der Waals surface area contributed by atoms with Gasteiger partial charge in [0.2, 0.25) is 0 Å². The molecule has 0 radical (unpaired) electrons. The summed E-state index contributed by atoms with van der Waals surface area (Å²) < 4.78 is 2.13. The zero-order valence-corrected chi connectivity index (χ0v) is 11.4. The fraction of sp³-hybridized carbons (Fsp3) is 0.462. The van der Waals surface area contributed by atoms with Gasteiger partial charge in [0.1, 0.15) is 0 Å². The first-order valence-electron chi connectivity index (χ1n) is 5.87. The summed E-state index contributed by atoms with van der Waals surface area (Å²) in [5, 5.41) is 0. The van der Waals surface area contributed by atoms with Crippen LogP contribution in [0.4, 0.5) is 0 Å². The van der Waals surface area contributed by atoms with E-state index in [1.807, 2.05) is 37.7 Å². The molecule has 0 aliphatic heterocycles. The Bertz CT molecular complexity index is 491. The molecule has 0 saturated heterocycles. The van der Waals surface area contributed by atoms with Gasteiger partial charge in [-0.3, -0.25) is 0 Å². The van der Waals surface area contributed by atoms with Crippen LogP contribution in [0.15, 0.2) is 24.7 Å². The maximum absolute atomic E-state index is 6.13. The topological polar surface area (TPSA) is 43.8 Å². The predicted octanol–water partition coefficient (Wildman–Crippen LogP) is 2.75. The first kappa shape index (κ1) is 12.3. The molecule has 2 rings (SSSR count). The molecule has 0 atom stereocenters. The van der Waals surface area contributed by atoms with Crippen LogP contribution >= 0.6 is 11.3 Å². The molecular formula is C13H19N3S. The monoisotopic (exact) mass is 249 g/mol. The lowest BCUT2D eigenvalue weighted by atomic mass is 10.0. The van der Waals surface area contributed by atoms with Crippen LogP contribution in [0.2, 0.25) is 0 Å². The van der Waals surface area contributed by atoms with Crippen LogP contribution in [0.1, 0.15) is 36.2 Å². The van der Waals surface area contributed by atoms with Gasteiger partial charge < -0.3 is 10.3 Å². The van der Waals surface area contributed by atoms with E-state index in [4.69, 9.17) is 5.73 Å². The van der Waals surface area contributed by atoms with Gasteiger partial charge in [0.15, 0.2) is 0 Å². The summed E-state index contributed by atoms with van der Waals surface area (Å²) >= 11 is 1.86. The molecule has 17 heavy (non-hydrogen) atoms. The van der Waals surface area contributed by atoms with E-state index in [1.165, 1.54) is 9.75 Å². The highest BCUT2D eigenvalue weighted by Crippen LogP contribution is 2.21. The van der Waals surface area contributed by atoms with Crippen LogP contribution in [0.5, 0.6) is 0 Å². The third-order valence-electron chi connectivity index (χ3n) is 2.76. The highest BCUT2D eigenvalue weighted by Gasteiger charge is 2.19. The molecule has 0 aromatic carbocycles. The average molecular weight is 249 g/mol. The summed E-state index contributed by atoms with van der Waals surface area (Å²) in [7, 11) is 0. The molecule has 0 amide bonds. The zero-order chi connectivity index (χ0) is 12.5. The molecule has 2 aromatic rings. The van der Waals surface area contributed by atoms with Crippen LogP contribution in [0.3, 0.4) is 0 Å². The molecule has 92 valence electrons. The number of imidazole rings is 1. The molecule has 3 nitrogen and oxygen atoms in total. The number of hydrogen-bond acceptors (Lipinski definition) is 3. The molecule has 0 aliphatic carbocycles. The molecule has 0 fully saturated rings. The lowest BCUT2D eigenvalue weighted by molar-refractivity contribution is 0.504. The Morgan fingerprint density at radius 3 is 2.65 bits per heavy atom. The van der Waals surface area contributed by atoms with Crippen molar-refractivity contribution in [3.63, 3.8) is 0 Å². The fourth-order valence-electron chi connectivity index (χ4n) is 1.85. The number of aryl methyl sites for hydroxylation is 1. The largest absolute Gasteiger partial charge is 0.328 e. The molecule has 2 heterocycles. The predicted molar refractivity (Wildman–Crippen MR) is 72.2 cm³/mol. The van der Waals surface area contributed by atoms with Crippen LogP contribution in [-0.2, 0) is 18.5 Å². The minimum atomic E-state index is -0.346. The van der Waals surface area contributed by atoms with Crippen LogP contribution in [0, 0.1) is 0 Å². The van der Waals surface area contributed by atoms with Crippen molar-refractivity contribution < 1.29 is 0 Å². The summed E-state index contributed by atoms with van der Waals surface area (Å²) in [6.07, 6.45) is 4.81. The molecule has 0 saturated carbocycles. The molecule has 2 N–H and O–H groups in total. The van der Waals surface area contributed by atoms with E-state index < -0.39 is 0 Å². The lowest BCUT2D eigenvalue weighted by Crippen LogP contribution is -2.31. The van der Waals surface area contributed by atoms with E-state index in [2.05, 4.69) is 28.6 Å². The Balaban J connectivity index is 2.22. The van der Waals surface area contributed by atoms with E-state index in [0.29, 0.717) is 0 Å². The Morgan fingerprint density at radius 1 is 1.35 bits per heavy atom. The second kappa shape index (κ2) is 4.63. The molecule has 2 aromatic heterocycles. The average Bonchev–Trinajstić information content (AvgIpc) is 2.85. The number of nitrogens with two attached hydrogens (primary N) is 1. The number of rotatable bonds is 4. The Labute approximate surface area is 106 Å². The molecular weight excluding hydrogens is 230 g/mol. The summed E-state index contributed by atoms with van der Waals surface area (Å²) in [5.74, 6) is 0. The quantitative estimate of drug-likeness (QED) is 0.905. The second-order valence-electron chi connectivity index (χ2n) is 4.85. The number of aromatic nitrogens is 2. The van der Waals surface area contributed by atoms with Crippen LogP contribution in [-0.4, -0.2) is 9.55 Å². The smallest absolute Gasteiger partial charge is 0.0952 e. The van der Waals surface area contributed by atoms with E-state index in [9.17, 15) is 0 Å². The van der Waals surface area contributed by atoms with E-state index in [-0.39, 0.29) is 5.54 Å². The zero-order valence-electron chi connectivity index (χ0n) is 10.6. The third-order valence-corrected chi connectivity index (χ3v) is 3.98. The maximum atomic E-state index is 6.13. The second-order valence-corrected chi connectivity index (χ2v) is 6.10. The van der Waals surface area contributed by atoms with Gasteiger partial charge in [-0.2, -0.15) is 0 Å². The molecule has 0 aliphatic rings. The lowest BCUT2D eigenvalue weighted by Gasteiger charge is -2.20. The number of hydrogen-bond donors (Lipinski definition) is 1. The minimum Gasteiger partial charge on any atom is -0.328 e. The maximum Gasteiger partial charge on any atom is 0.0952 e. The number of thiophene rings is 1. The Kier molecular flexibility index (Phi) is 3.35. The number of nitrogens with zero attached hydrogens (tertiary/aromatic N) is 2. The van der Waals surface area contributed by atoms with Crippen molar-refractivity contribution in [1.29, 1.82) is 0 Å². The van der Waals surface area contributed by atoms with Gasteiger partial charge in [0.05, 0.1) is 24.1 Å². The van der Waals surface area contributed by atoms with Gasteiger partial charge in [-0.1, -0.05) is 6.92 Å². The van der Waals surface area contributed by atoms with Gasteiger partial charge in [0, 0.05) is 16.0 Å². The Morgan fingerprint density at radius 2 is 2.06 bits per heavy atom. The normalized spacial score (nSPS) is 12.0. The van der Waals surface area contributed by atoms with Gasteiger partial charge in [-0.05, 0) is 32.4 Å². The van der Waals surface area contributed by atoms with Crippen LogP contribution < -0.4 is 5.73 Å². The van der Waals surface area contributed by atoms with Crippen molar-refractivity contribution in [2.75, 3.05) is 0 Å². The standard InChI is InChI=1S/C13H19N3S/c1-4-10-5-6-11(17-10)8-16-9-15-7-12(16)13(2,3)14/h5-7,9H,4,8,14H2,1-3H3. The van der Waals surface area contributed by atoms with E-state index >= 15 is 0 Å². The first-order valence-corrected chi connectivity index (χ1v) is 6.69. The van der Waals surface area contributed by atoms with Crippen molar-refractivity contribution in [2.24, 2.45) is 5.73 Å². The van der Waals surface area contributed by atoms with Crippen molar-refractivity contribution in [1.82, 2.24) is 9.55 Å². The summed E-state index contributed by atoms with van der Waals surface area (Å²) in [6, 6.07) is 4.39. The highest BCUT2D eigenvalue weighted by atomic mass is 32.1. The summed E-state index contributed by atoms with van der Waals surface area (Å²) in [6.45, 7) is 7.06. The fourth-order valence-corrected chi connectivity index (χ4v) is 2.81. The van der Waals surface area contributed by atoms with Crippen molar-refractivity contribution in [2.45, 2.75) is 39.3 Å². The van der Waals surface area contributed by atoms with E-state index in [0.717, 1.165) is 18.7 Å². The minimum absolute atomic E-state index is 0.346. The van der Waals surface area contributed by atoms with Crippen molar-refractivity contribution in [3.05, 3.63) is 40.1 Å². The van der Waals surface area contributed by atoms with Gasteiger partial charge >= 0.3 is 0 Å². The molecule has 0 unspecified atom stereocenters. The molecule has 0 bridgehead atoms. The SMILES string of the molecule is CCc1ccc(Cn2cncc2C(C)(C)N)s1. The van der Waals surface area contributed by atoms with Gasteiger partial charge in [-0.15, -0.1) is 11.3 Å². The summed E-state index contributed by atoms with van der Waals surface area (Å²) in [5.41, 5.74) is 6.86. The van der Waals surface area contributed by atoms with E-state index in [1.54, 1.807) is 0 Å².